The number of aliphatic hydroxyl groups is 1. The van der Waals surface area contributed by atoms with Crippen LogP contribution in [0, 0.1) is 5.82 Å². The van der Waals surface area contributed by atoms with Crippen LogP contribution in [-0.4, -0.2) is 62.2 Å². The molecular formula is C26H34FN5O3. The van der Waals surface area contributed by atoms with Gasteiger partial charge in [0.25, 0.3) is 5.56 Å². The Morgan fingerprint density at radius 1 is 1.17 bits per heavy atom. The minimum Gasteiger partial charge on any atom is -0.390 e. The topological polar surface area (TPSA) is 87.4 Å². The molecule has 2 saturated heterocycles. The number of halogens is 1. The minimum atomic E-state index is -0.684. The molecule has 0 radical (unpaired) electrons. The van der Waals surface area contributed by atoms with Crippen LogP contribution in [0.15, 0.2) is 47.4 Å². The van der Waals surface area contributed by atoms with Gasteiger partial charge in [-0.1, -0.05) is 18.2 Å². The van der Waals surface area contributed by atoms with E-state index in [2.05, 4.69) is 15.3 Å². The number of aryl methyl sites for hydroxylation is 1. The summed E-state index contributed by atoms with van der Waals surface area (Å²) in [6.45, 7) is 0.989. The number of aromatic nitrogens is 3. The van der Waals surface area contributed by atoms with E-state index in [0.29, 0.717) is 35.6 Å². The number of ether oxygens (including phenoxy) is 1. The van der Waals surface area contributed by atoms with Gasteiger partial charge in [-0.2, -0.15) is 0 Å². The third kappa shape index (κ3) is 4.80. The fourth-order valence-electron chi connectivity index (χ4n) is 5.74. The summed E-state index contributed by atoms with van der Waals surface area (Å²) in [6.07, 6.45) is 5.23. The molecule has 3 aromatic rings. The Bertz CT molecular complexity index is 1200. The number of H-pyrrole nitrogens is 1. The molecule has 3 atom stereocenters. The molecule has 0 spiro atoms. The Labute approximate surface area is 204 Å². The lowest BCUT2D eigenvalue weighted by molar-refractivity contribution is -0.0408. The quantitative estimate of drug-likeness (QED) is 0.436. The third-order valence-electron chi connectivity index (χ3n) is 7.49. The van der Waals surface area contributed by atoms with E-state index >= 15 is 0 Å². The highest BCUT2D eigenvalue weighted by Crippen LogP contribution is 2.37. The highest BCUT2D eigenvalue weighted by atomic mass is 19.1. The van der Waals surface area contributed by atoms with Gasteiger partial charge < -0.3 is 19.7 Å². The Morgan fingerprint density at radius 3 is 2.57 bits per heavy atom. The minimum absolute atomic E-state index is 0.0950. The molecule has 35 heavy (non-hydrogen) atoms. The number of fused-ring (bicyclic) bond motifs is 2. The maximum absolute atomic E-state index is 13.9. The monoisotopic (exact) mass is 483 g/mol. The van der Waals surface area contributed by atoms with Crippen molar-refractivity contribution in [2.75, 3.05) is 18.9 Å². The smallest absolute Gasteiger partial charge is 0.290 e. The number of rotatable bonds is 9. The molecule has 4 heterocycles. The highest BCUT2D eigenvalue weighted by Gasteiger charge is 2.41. The molecule has 2 aromatic heterocycles. The van der Waals surface area contributed by atoms with Crippen molar-refractivity contribution < 1.29 is 14.2 Å². The molecule has 8 nitrogen and oxygen atoms in total. The maximum atomic E-state index is 13.9. The molecular weight excluding hydrogens is 449 g/mol. The first-order valence-corrected chi connectivity index (χ1v) is 12.4. The Morgan fingerprint density at radius 2 is 1.91 bits per heavy atom. The Hall–Kier alpha value is -2.88. The van der Waals surface area contributed by atoms with E-state index in [-0.39, 0.29) is 30.6 Å². The van der Waals surface area contributed by atoms with Crippen LogP contribution in [0.2, 0.25) is 0 Å². The molecule has 2 fully saturated rings. The number of aliphatic hydroxyl groups excluding tert-OH is 1. The molecule has 1 aromatic carbocycles. The Balaban J connectivity index is 1.20. The van der Waals surface area contributed by atoms with E-state index < -0.39 is 6.10 Å². The average Bonchev–Trinajstić information content (AvgIpc) is 3.46. The first-order chi connectivity index (χ1) is 16.9. The summed E-state index contributed by atoms with van der Waals surface area (Å²) in [4.78, 5) is 15.3. The van der Waals surface area contributed by atoms with E-state index in [1.165, 1.54) is 10.7 Å². The fraction of sp³-hybridized carbons (Fsp3) is 0.500. The van der Waals surface area contributed by atoms with Gasteiger partial charge in [0, 0.05) is 44.5 Å². The molecule has 188 valence electrons. The summed E-state index contributed by atoms with van der Waals surface area (Å²) in [5.41, 5.74) is 2.52. The van der Waals surface area contributed by atoms with Gasteiger partial charge in [-0.25, -0.2) is 9.07 Å². The summed E-state index contributed by atoms with van der Waals surface area (Å²) >= 11 is 0. The van der Waals surface area contributed by atoms with Gasteiger partial charge in [-0.15, -0.1) is 0 Å². The van der Waals surface area contributed by atoms with Crippen molar-refractivity contribution in [1.82, 2.24) is 19.2 Å². The SMILES string of the molecule is CNc1c(-c2cccn2C)[nH]n(CC(O)CN2C3CCC2CC(OCc2ccccc2F)C3)c1=O. The zero-order valence-electron chi connectivity index (χ0n) is 20.3. The molecule has 0 saturated carbocycles. The first-order valence-electron chi connectivity index (χ1n) is 12.4. The highest BCUT2D eigenvalue weighted by molar-refractivity contribution is 5.71. The van der Waals surface area contributed by atoms with Crippen LogP contribution in [0.5, 0.6) is 0 Å². The standard InChI is InChI=1S/C26H34FN5O3/c1-28-25-24(23-8-5-11-30(23)2)29-32(26(25)34)15-20(33)14-31-18-9-10-19(31)13-21(12-18)35-16-17-6-3-4-7-22(17)27/h3-8,11,18-21,28-29,33H,9-10,12-16H2,1-2H3. The summed E-state index contributed by atoms with van der Waals surface area (Å²) in [5, 5.41) is 17.1. The van der Waals surface area contributed by atoms with Gasteiger partial charge in [0.05, 0.1) is 31.1 Å². The van der Waals surface area contributed by atoms with Crippen molar-refractivity contribution in [1.29, 1.82) is 0 Å². The van der Waals surface area contributed by atoms with Crippen LogP contribution in [0.1, 0.15) is 31.2 Å². The lowest BCUT2D eigenvalue weighted by Gasteiger charge is -2.39. The normalized spacial score (nSPS) is 23.0. The second-order valence-corrected chi connectivity index (χ2v) is 9.76. The van der Waals surface area contributed by atoms with E-state index in [9.17, 15) is 14.3 Å². The number of benzene rings is 1. The lowest BCUT2D eigenvalue weighted by Crippen LogP contribution is -2.49. The molecule has 2 aliphatic heterocycles. The second-order valence-electron chi connectivity index (χ2n) is 9.76. The molecule has 9 heteroatoms. The molecule has 0 amide bonds. The van der Waals surface area contributed by atoms with E-state index in [1.54, 1.807) is 19.2 Å². The van der Waals surface area contributed by atoms with Crippen LogP contribution in [0.4, 0.5) is 10.1 Å². The van der Waals surface area contributed by atoms with Gasteiger partial charge in [0.1, 0.15) is 17.2 Å². The van der Waals surface area contributed by atoms with E-state index in [0.717, 1.165) is 31.4 Å². The third-order valence-corrected chi connectivity index (χ3v) is 7.49. The van der Waals surface area contributed by atoms with Crippen molar-refractivity contribution in [3.05, 3.63) is 64.3 Å². The summed E-state index contributed by atoms with van der Waals surface area (Å²) < 4.78 is 23.4. The largest absolute Gasteiger partial charge is 0.390 e. The molecule has 2 aliphatic rings. The summed E-state index contributed by atoms with van der Waals surface area (Å²) in [5.74, 6) is -0.229. The predicted molar refractivity (Wildman–Crippen MR) is 133 cm³/mol. The van der Waals surface area contributed by atoms with Crippen LogP contribution in [0.3, 0.4) is 0 Å². The average molecular weight is 484 g/mol. The zero-order valence-corrected chi connectivity index (χ0v) is 20.3. The van der Waals surface area contributed by atoms with Gasteiger partial charge in [-0.3, -0.25) is 14.8 Å². The molecule has 2 bridgehead atoms. The maximum Gasteiger partial charge on any atom is 0.290 e. The van der Waals surface area contributed by atoms with Crippen molar-refractivity contribution in [3.63, 3.8) is 0 Å². The lowest BCUT2D eigenvalue weighted by atomic mass is 9.99. The molecule has 0 aliphatic carbocycles. The van der Waals surface area contributed by atoms with Crippen molar-refractivity contribution in [2.45, 2.75) is 63.1 Å². The van der Waals surface area contributed by atoms with Crippen LogP contribution in [0.25, 0.3) is 11.4 Å². The second kappa shape index (κ2) is 10.0. The number of anilines is 1. The molecule has 3 unspecified atom stereocenters. The van der Waals surface area contributed by atoms with Gasteiger partial charge >= 0.3 is 0 Å². The van der Waals surface area contributed by atoms with Crippen LogP contribution >= 0.6 is 0 Å². The van der Waals surface area contributed by atoms with Crippen molar-refractivity contribution >= 4 is 5.69 Å². The number of hydrogen-bond donors (Lipinski definition) is 3. The number of aromatic amines is 1. The molecule has 5 rings (SSSR count). The Kier molecular flexibility index (Phi) is 6.82. The van der Waals surface area contributed by atoms with Crippen LogP contribution in [-0.2, 0) is 24.9 Å². The summed E-state index contributed by atoms with van der Waals surface area (Å²) in [7, 11) is 3.66. The number of piperidine rings is 1. The van der Waals surface area contributed by atoms with Crippen LogP contribution < -0.4 is 10.9 Å². The predicted octanol–water partition coefficient (Wildman–Crippen LogP) is 2.94. The number of nitrogens with one attached hydrogen (secondary N) is 2. The number of nitrogens with zero attached hydrogens (tertiary/aromatic N) is 3. The number of hydrogen-bond acceptors (Lipinski definition) is 5. The van der Waals surface area contributed by atoms with Gasteiger partial charge in [0.15, 0.2) is 0 Å². The van der Waals surface area contributed by atoms with Crippen molar-refractivity contribution in [3.8, 4) is 11.4 Å². The van der Waals surface area contributed by atoms with E-state index in [1.807, 2.05) is 36.0 Å². The van der Waals surface area contributed by atoms with Gasteiger partial charge in [-0.05, 0) is 43.9 Å². The fourth-order valence-corrected chi connectivity index (χ4v) is 5.74. The van der Waals surface area contributed by atoms with Crippen molar-refractivity contribution in [2.24, 2.45) is 7.05 Å². The first kappa shape index (κ1) is 23.8. The van der Waals surface area contributed by atoms with E-state index in [4.69, 9.17) is 4.74 Å². The molecule has 3 N–H and O–H groups in total. The summed E-state index contributed by atoms with van der Waals surface area (Å²) in [6, 6.07) is 11.3. The van der Waals surface area contributed by atoms with Gasteiger partial charge in [0.2, 0.25) is 0 Å². The zero-order chi connectivity index (χ0) is 24.5.